The second kappa shape index (κ2) is 9.43. The highest BCUT2D eigenvalue weighted by atomic mass is 16.1. The number of hydrogen-bond acceptors (Lipinski definition) is 4. The molecule has 2 N–H and O–H groups in total. The Bertz CT molecular complexity index is 1210. The summed E-state index contributed by atoms with van der Waals surface area (Å²) in [5.41, 5.74) is 11.1. The van der Waals surface area contributed by atoms with Crippen molar-refractivity contribution in [1.29, 1.82) is 0 Å². The summed E-state index contributed by atoms with van der Waals surface area (Å²) < 4.78 is 0. The number of rotatable bonds is 5. The van der Waals surface area contributed by atoms with E-state index in [2.05, 4.69) is 39.2 Å². The number of likely N-dealkylation sites (tertiary alicyclic amines) is 1. The fraction of sp³-hybridized carbons (Fsp3) is 0.321. The number of nitrogens with zero attached hydrogens (tertiary/aromatic N) is 4. The summed E-state index contributed by atoms with van der Waals surface area (Å²) in [7, 11) is 2.16. The van der Waals surface area contributed by atoms with Gasteiger partial charge in [-0.15, -0.1) is 0 Å². The van der Waals surface area contributed by atoms with Crippen molar-refractivity contribution in [3.05, 3.63) is 101 Å². The van der Waals surface area contributed by atoms with Crippen LogP contribution in [-0.2, 0) is 5.54 Å². The first-order chi connectivity index (χ1) is 16.5. The fourth-order valence-corrected chi connectivity index (χ4v) is 4.95. The summed E-state index contributed by atoms with van der Waals surface area (Å²) in [5.74, 6) is 0.474. The molecular weight excluding hydrogens is 422 g/mol. The predicted octanol–water partition coefficient (Wildman–Crippen LogP) is 5.28. The molecule has 2 unspecified atom stereocenters. The van der Waals surface area contributed by atoms with Gasteiger partial charge in [-0.25, -0.2) is 0 Å². The Kier molecular flexibility index (Phi) is 6.20. The number of amides is 1. The van der Waals surface area contributed by atoms with E-state index in [0.717, 1.165) is 32.4 Å². The molecule has 0 bridgehead atoms. The monoisotopic (exact) mass is 452 g/mol. The summed E-state index contributed by atoms with van der Waals surface area (Å²) in [5, 5.41) is 7.85. The predicted molar refractivity (Wildman–Crippen MR) is 133 cm³/mol. The maximum atomic E-state index is 12.4. The van der Waals surface area contributed by atoms with Gasteiger partial charge in [-0.3, -0.25) is 4.79 Å². The molecule has 5 rings (SSSR count). The third-order valence-corrected chi connectivity index (χ3v) is 7.25. The average molecular weight is 453 g/mol. The second-order valence-corrected chi connectivity index (χ2v) is 9.55. The first-order valence-electron chi connectivity index (χ1n) is 11.9. The topological polar surface area (TPSA) is 85.2 Å². The fourth-order valence-electron chi connectivity index (χ4n) is 4.95. The number of carbonyl (C=O) groups is 1. The van der Waals surface area contributed by atoms with E-state index in [-0.39, 0.29) is 11.4 Å². The van der Waals surface area contributed by atoms with Gasteiger partial charge in [-0.1, -0.05) is 54.6 Å². The molecule has 1 saturated carbocycles. The van der Waals surface area contributed by atoms with Crippen LogP contribution in [0, 0.1) is 0 Å². The Balaban J connectivity index is 1.19. The lowest BCUT2D eigenvalue weighted by atomic mass is 9.89. The molecular formula is C28H30N5O+. The Morgan fingerprint density at radius 3 is 2.26 bits per heavy atom. The SMILES string of the molecule is CN1CCC(c2ccc(C(=O)N=[N+]=Nc3ccc(C4CC4(N)c4ccccc4)cc3)cc2)CC1. The highest BCUT2D eigenvalue weighted by molar-refractivity contribution is 5.94. The summed E-state index contributed by atoms with van der Waals surface area (Å²) in [6.07, 6.45) is 3.24. The molecule has 0 radical (unpaired) electrons. The van der Waals surface area contributed by atoms with Crippen LogP contribution in [0.2, 0.25) is 0 Å². The molecule has 1 amide bonds. The quantitative estimate of drug-likeness (QED) is 0.422. The first kappa shape index (κ1) is 22.4. The Morgan fingerprint density at radius 1 is 0.941 bits per heavy atom. The van der Waals surface area contributed by atoms with Gasteiger partial charge in [0, 0.05) is 17.0 Å². The van der Waals surface area contributed by atoms with Gasteiger partial charge in [0.1, 0.15) is 0 Å². The molecule has 172 valence electrons. The molecule has 1 aliphatic carbocycles. The van der Waals surface area contributed by atoms with Crippen LogP contribution < -0.4 is 10.6 Å². The van der Waals surface area contributed by atoms with E-state index in [1.807, 2.05) is 66.7 Å². The minimum Gasteiger partial charge on any atom is -0.321 e. The van der Waals surface area contributed by atoms with Crippen LogP contribution in [0.5, 0.6) is 0 Å². The van der Waals surface area contributed by atoms with Crippen molar-refractivity contribution in [3.8, 4) is 0 Å². The molecule has 0 spiro atoms. The molecule has 1 saturated heterocycles. The highest BCUT2D eigenvalue weighted by Crippen LogP contribution is 2.56. The Hall–Kier alpha value is -3.44. The molecule has 1 aliphatic heterocycles. The number of hydrogen-bond donors (Lipinski definition) is 1. The third-order valence-electron chi connectivity index (χ3n) is 7.25. The molecule has 6 heteroatoms. The van der Waals surface area contributed by atoms with Crippen molar-refractivity contribution in [2.75, 3.05) is 20.1 Å². The van der Waals surface area contributed by atoms with Crippen LogP contribution in [0.4, 0.5) is 5.69 Å². The lowest BCUT2D eigenvalue weighted by Crippen LogP contribution is -2.29. The summed E-state index contributed by atoms with van der Waals surface area (Å²) in [6.45, 7) is 2.23. The van der Waals surface area contributed by atoms with Gasteiger partial charge in [0.05, 0.1) is 0 Å². The zero-order valence-corrected chi connectivity index (χ0v) is 19.5. The van der Waals surface area contributed by atoms with Crippen LogP contribution in [0.1, 0.15) is 58.1 Å². The second-order valence-electron chi connectivity index (χ2n) is 9.55. The average Bonchev–Trinajstić information content (AvgIpc) is 3.58. The number of carbonyl (C=O) groups excluding carboxylic acids is 1. The van der Waals surface area contributed by atoms with Crippen LogP contribution >= 0.6 is 0 Å². The smallest absolute Gasteiger partial charge is 0.321 e. The number of nitrogens with two attached hydrogens (primary N) is 1. The molecule has 1 heterocycles. The van der Waals surface area contributed by atoms with Gasteiger partial charge in [0.2, 0.25) is 10.0 Å². The highest BCUT2D eigenvalue weighted by Gasteiger charge is 2.52. The van der Waals surface area contributed by atoms with Gasteiger partial charge in [0.25, 0.3) is 0 Å². The number of benzene rings is 3. The van der Waals surface area contributed by atoms with Crippen molar-refractivity contribution in [3.63, 3.8) is 0 Å². The van der Waals surface area contributed by atoms with E-state index < -0.39 is 0 Å². The molecule has 2 aliphatic rings. The van der Waals surface area contributed by atoms with Gasteiger partial charge in [-0.2, -0.15) is 0 Å². The maximum absolute atomic E-state index is 12.4. The van der Waals surface area contributed by atoms with E-state index >= 15 is 0 Å². The molecule has 3 aromatic carbocycles. The summed E-state index contributed by atoms with van der Waals surface area (Å²) >= 11 is 0. The van der Waals surface area contributed by atoms with Crippen molar-refractivity contribution in [2.24, 2.45) is 16.0 Å². The molecule has 2 fully saturated rings. The molecule has 3 aromatic rings. The minimum absolute atomic E-state index is 0.296. The lowest BCUT2D eigenvalue weighted by molar-refractivity contribution is 0.0992. The molecule has 34 heavy (non-hydrogen) atoms. The van der Waals surface area contributed by atoms with Crippen molar-refractivity contribution in [2.45, 2.75) is 36.6 Å². The van der Waals surface area contributed by atoms with Crippen LogP contribution in [0.3, 0.4) is 0 Å². The largest absolute Gasteiger partial charge is 0.360 e. The van der Waals surface area contributed by atoms with E-state index in [1.165, 1.54) is 16.7 Å². The molecule has 2 atom stereocenters. The van der Waals surface area contributed by atoms with Gasteiger partial charge < -0.3 is 10.6 Å². The standard InChI is InChI=1S/C28H30N5O/c1-33-17-15-21(16-18-33)20-7-9-23(10-8-20)27(34)31-32-30-25-13-11-22(12-14-25)26-19-28(26,29)24-5-3-2-4-6-24/h2-14,21,26H,15-19,29H2,1H3/q+1. The van der Waals surface area contributed by atoms with E-state index in [9.17, 15) is 4.79 Å². The third kappa shape index (κ3) is 4.75. The summed E-state index contributed by atoms with van der Waals surface area (Å²) in [6, 6.07) is 25.8. The van der Waals surface area contributed by atoms with E-state index in [1.54, 1.807) is 0 Å². The summed E-state index contributed by atoms with van der Waals surface area (Å²) in [4.78, 5) is 18.5. The maximum Gasteiger partial charge on any atom is 0.360 e. The molecule has 0 aromatic heterocycles. The molecule has 6 nitrogen and oxygen atoms in total. The van der Waals surface area contributed by atoms with Crippen molar-refractivity contribution < 1.29 is 4.79 Å². The van der Waals surface area contributed by atoms with Crippen LogP contribution in [0.15, 0.2) is 89.1 Å². The van der Waals surface area contributed by atoms with E-state index in [0.29, 0.717) is 23.1 Å². The normalized spacial score (nSPS) is 22.6. The first-order valence-corrected chi connectivity index (χ1v) is 11.9. The van der Waals surface area contributed by atoms with Gasteiger partial charge >= 0.3 is 5.91 Å². The Labute approximate surface area is 200 Å². The lowest BCUT2D eigenvalue weighted by Gasteiger charge is -2.29. The number of piperidine rings is 1. The Morgan fingerprint density at radius 2 is 1.59 bits per heavy atom. The minimum atomic E-state index is -0.385. The zero-order valence-electron chi connectivity index (χ0n) is 19.5. The van der Waals surface area contributed by atoms with Crippen molar-refractivity contribution in [1.82, 2.24) is 9.81 Å². The zero-order chi connectivity index (χ0) is 23.5. The van der Waals surface area contributed by atoms with Gasteiger partial charge in [-0.05, 0) is 86.3 Å². The van der Waals surface area contributed by atoms with Crippen LogP contribution in [0.25, 0.3) is 0 Å². The van der Waals surface area contributed by atoms with E-state index in [4.69, 9.17) is 5.73 Å². The van der Waals surface area contributed by atoms with Crippen LogP contribution in [-0.4, -0.2) is 30.9 Å². The van der Waals surface area contributed by atoms with Crippen molar-refractivity contribution >= 4 is 11.6 Å². The van der Waals surface area contributed by atoms with Gasteiger partial charge in [0.15, 0.2) is 10.8 Å².